The van der Waals surface area contributed by atoms with Gasteiger partial charge in [-0.3, -0.25) is 0 Å². The number of methoxy groups -OCH3 is 1. The van der Waals surface area contributed by atoms with Crippen molar-refractivity contribution in [2.75, 3.05) is 13.7 Å². The van der Waals surface area contributed by atoms with Gasteiger partial charge < -0.3 is 14.2 Å². The summed E-state index contributed by atoms with van der Waals surface area (Å²) in [6, 6.07) is 0. The van der Waals surface area contributed by atoms with Gasteiger partial charge >= 0.3 is 5.97 Å². The fourth-order valence-electron chi connectivity index (χ4n) is 3.12. The third-order valence-corrected chi connectivity index (χ3v) is 4.24. The molecule has 1 saturated heterocycles. The molecule has 98 valence electrons. The molecule has 4 nitrogen and oxygen atoms in total. The summed E-state index contributed by atoms with van der Waals surface area (Å²) in [5.74, 6) is -0.182. The van der Waals surface area contributed by atoms with Gasteiger partial charge in [0.2, 0.25) is 0 Å². The second-order valence-corrected chi connectivity index (χ2v) is 4.93. The lowest BCUT2D eigenvalue weighted by Crippen LogP contribution is -2.39. The van der Waals surface area contributed by atoms with Gasteiger partial charge in [-0.1, -0.05) is 6.92 Å². The Balaban J connectivity index is 2.03. The highest BCUT2D eigenvalue weighted by Gasteiger charge is 2.74. The molecule has 17 heavy (non-hydrogen) atoms. The Morgan fingerprint density at radius 1 is 1.35 bits per heavy atom. The summed E-state index contributed by atoms with van der Waals surface area (Å²) in [5, 5.41) is 0. The molecular weight excluding hydrogens is 220 g/mol. The van der Waals surface area contributed by atoms with Gasteiger partial charge in [0.05, 0.1) is 12.7 Å². The molecule has 0 amide bonds. The van der Waals surface area contributed by atoms with E-state index in [9.17, 15) is 4.79 Å². The predicted molar refractivity (Wildman–Crippen MR) is 62.7 cm³/mol. The zero-order chi connectivity index (χ0) is 12.5. The van der Waals surface area contributed by atoms with E-state index in [1.807, 2.05) is 13.8 Å². The average Bonchev–Trinajstić information content (AvgIpc) is 3.00. The van der Waals surface area contributed by atoms with Crippen molar-refractivity contribution in [3.63, 3.8) is 0 Å². The Kier molecular flexibility index (Phi) is 3.46. The van der Waals surface area contributed by atoms with E-state index in [0.717, 1.165) is 25.7 Å². The van der Waals surface area contributed by atoms with Crippen LogP contribution < -0.4 is 0 Å². The molecule has 2 aliphatic rings. The van der Waals surface area contributed by atoms with Gasteiger partial charge in [0, 0.05) is 7.11 Å². The number of epoxide rings is 1. The molecule has 0 aromatic carbocycles. The van der Waals surface area contributed by atoms with Crippen LogP contribution in [0.4, 0.5) is 0 Å². The van der Waals surface area contributed by atoms with Gasteiger partial charge in [0.15, 0.2) is 5.60 Å². The van der Waals surface area contributed by atoms with Crippen LogP contribution in [0.1, 0.15) is 46.0 Å². The topological polar surface area (TPSA) is 48.1 Å². The smallest absolute Gasteiger partial charge is 0.341 e. The molecular formula is C13H22O4. The summed E-state index contributed by atoms with van der Waals surface area (Å²) < 4.78 is 16.4. The first-order chi connectivity index (χ1) is 8.14. The Morgan fingerprint density at radius 2 is 2.00 bits per heavy atom. The van der Waals surface area contributed by atoms with E-state index in [1.165, 1.54) is 0 Å². The molecule has 1 atom stereocenters. The maximum Gasteiger partial charge on any atom is 0.341 e. The van der Waals surface area contributed by atoms with E-state index in [4.69, 9.17) is 14.2 Å². The maximum absolute atomic E-state index is 12.0. The normalized spacial score (nSPS) is 40.3. The van der Waals surface area contributed by atoms with Crippen LogP contribution in [0.25, 0.3) is 0 Å². The Labute approximate surface area is 103 Å². The van der Waals surface area contributed by atoms with E-state index >= 15 is 0 Å². The third-order valence-electron chi connectivity index (χ3n) is 4.24. The maximum atomic E-state index is 12.0. The van der Waals surface area contributed by atoms with Crippen molar-refractivity contribution in [3.8, 4) is 0 Å². The summed E-state index contributed by atoms with van der Waals surface area (Å²) >= 11 is 0. The summed E-state index contributed by atoms with van der Waals surface area (Å²) in [7, 11) is 1.74. The molecule has 1 spiro atoms. The number of esters is 1. The molecule has 0 radical (unpaired) electrons. The lowest BCUT2D eigenvalue weighted by atomic mass is 9.78. The van der Waals surface area contributed by atoms with Gasteiger partial charge in [-0.2, -0.15) is 0 Å². The summed E-state index contributed by atoms with van der Waals surface area (Å²) in [6.07, 6.45) is 4.76. The highest BCUT2D eigenvalue weighted by Crippen LogP contribution is 2.59. The van der Waals surface area contributed by atoms with Gasteiger partial charge in [-0.25, -0.2) is 4.79 Å². The molecule has 4 heteroatoms. The van der Waals surface area contributed by atoms with Crippen molar-refractivity contribution in [2.45, 2.75) is 63.3 Å². The SMILES string of the molecule is CCOC(=O)C1(CC)OC12CCC(OC)CC2. The number of hydrogen-bond acceptors (Lipinski definition) is 4. The minimum absolute atomic E-state index is 0.182. The minimum atomic E-state index is -0.665. The quantitative estimate of drug-likeness (QED) is 0.559. The average molecular weight is 242 g/mol. The number of rotatable bonds is 4. The summed E-state index contributed by atoms with van der Waals surface area (Å²) in [6.45, 7) is 4.24. The van der Waals surface area contributed by atoms with Crippen LogP contribution in [0.15, 0.2) is 0 Å². The third kappa shape index (κ3) is 1.87. The van der Waals surface area contributed by atoms with Crippen molar-refractivity contribution in [1.29, 1.82) is 0 Å². The number of carbonyl (C=O) groups excluding carboxylic acids is 1. The molecule has 1 aliphatic carbocycles. The molecule has 2 fully saturated rings. The van der Waals surface area contributed by atoms with Crippen LogP contribution in [-0.4, -0.2) is 37.0 Å². The first-order valence-electron chi connectivity index (χ1n) is 6.54. The molecule has 0 aromatic rings. The summed E-state index contributed by atoms with van der Waals surface area (Å²) in [4.78, 5) is 12.0. The predicted octanol–water partition coefficient (Wildman–Crippen LogP) is 2.06. The fourth-order valence-corrected chi connectivity index (χ4v) is 3.12. The van der Waals surface area contributed by atoms with Gasteiger partial charge in [-0.05, 0) is 39.0 Å². The number of carbonyl (C=O) groups is 1. The van der Waals surface area contributed by atoms with Crippen molar-refractivity contribution in [3.05, 3.63) is 0 Å². The van der Waals surface area contributed by atoms with Crippen LogP contribution in [0, 0.1) is 0 Å². The highest BCUT2D eigenvalue weighted by atomic mass is 16.7. The van der Waals surface area contributed by atoms with Crippen molar-refractivity contribution in [1.82, 2.24) is 0 Å². The van der Waals surface area contributed by atoms with Gasteiger partial charge in [0.1, 0.15) is 5.60 Å². The fraction of sp³-hybridized carbons (Fsp3) is 0.923. The van der Waals surface area contributed by atoms with E-state index in [0.29, 0.717) is 19.1 Å². The molecule has 1 aliphatic heterocycles. The van der Waals surface area contributed by atoms with Crippen molar-refractivity contribution < 1.29 is 19.0 Å². The largest absolute Gasteiger partial charge is 0.464 e. The lowest BCUT2D eigenvalue weighted by molar-refractivity contribution is -0.149. The zero-order valence-corrected chi connectivity index (χ0v) is 11.0. The molecule has 1 heterocycles. The van der Waals surface area contributed by atoms with Gasteiger partial charge in [0.25, 0.3) is 0 Å². The van der Waals surface area contributed by atoms with Crippen LogP contribution in [0.2, 0.25) is 0 Å². The number of hydrogen-bond donors (Lipinski definition) is 0. The Bertz CT molecular complexity index is 294. The monoisotopic (exact) mass is 242 g/mol. The molecule has 1 saturated carbocycles. The Morgan fingerprint density at radius 3 is 2.47 bits per heavy atom. The minimum Gasteiger partial charge on any atom is -0.464 e. The molecule has 1 unspecified atom stereocenters. The van der Waals surface area contributed by atoms with Gasteiger partial charge in [-0.15, -0.1) is 0 Å². The van der Waals surface area contributed by atoms with Crippen LogP contribution in [-0.2, 0) is 19.0 Å². The van der Waals surface area contributed by atoms with Crippen LogP contribution >= 0.6 is 0 Å². The van der Waals surface area contributed by atoms with E-state index in [1.54, 1.807) is 7.11 Å². The van der Waals surface area contributed by atoms with Crippen LogP contribution in [0.5, 0.6) is 0 Å². The summed E-state index contributed by atoms with van der Waals surface area (Å²) in [5.41, 5.74) is -0.926. The van der Waals surface area contributed by atoms with Crippen LogP contribution in [0.3, 0.4) is 0 Å². The number of ether oxygens (including phenoxy) is 3. The molecule has 0 bridgehead atoms. The molecule has 0 N–H and O–H groups in total. The first-order valence-corrected chi connectivity index (χ1v) is 6.54. The van der Waals surface area contributed by atoms with E-state index in [2.05, 4.69) is 0 Å². The molecule has 2 rings (SSSR count). The molecule has 0 aromatic heterocycles. The highest BCUT2D eigenvalue weighted by molar-refractivity contribution is 5.85. The Hall–Kier alpha value is -0.610. The van der Waals surface area contributed by atoms with E-state index < -0.39 is 5.60 Å². The first kappa shape index (κ1) is 12.8. The standard InChI is InChI=1S/C13H22O4/c1-4-13(11(14)16-5-2)12(17-13)8-6-10(15-3)7-9-12/h10H,4-9H2,1-3H3. The second kappa shape index (κ2) is 4.58. The lowest BCUT2D eigenvalue weighted by Gasteiger charge is -2.27. The van der Waals surface area contributed by atoms with E-state index in [-0.39, 0.29) is 11.6 Å². The van der Waals surface area contributed by atoms with Crippen molar-refractivity contribution >= 4 is 5.97 Å². The zero-order valence-electron chi connectivity index (χ0n) is 11.0. The second-order valence-electron chi connectivity index (χ2n) is 4.93. The van der Waals surface area contributed by atoms with Crippen molar-refractivity contribution in [2.24, 2.45) is 0 Å².